The summed E-state index contributed by atoms with van der Waals surface area (Å²) in [4.78, 5) is 6.51. The molecule has 1 aliphatic rings. The van der Waals surface area contributed by atoms with Crippen molar-refractivity contribution in [3.63, 3.8) is 0 Å². The summed E-state index contributed by atoms with van der Waals surface area (Å²) in [5.74, 6) is -0.264. The van der Waals surface area contributed by atoms with E-state index in [2.05, 4.69) is 16.8 Å². The monoisotopic (exact) mass is 290 g/mol. The molecule has 0 bridgehead atoms. The van der Waals surface area contributed by atoms with E-state index >= 15 is 0 Å². The van der Waals surface area contributed by atoms with Gasteiger partial charge in [0.05, 0.1) is 24.3 Å². The molecule has 2 heterocycles. The van der Waals surface area contributed by atoms with E-state index < -0.39 is 0 Å². The van der Waals surface area contributed by atoms with Gasteiger partial charge in [-0.25, -0.2) is 4.39 Å². The lowest BCUT2D eigenvalue weighted by atomic mass is 10.1. The Balaban J connectivity index is 1.95. The van der Waals surface area contributed by atoms with Gasteiger partial charge in [-0.3, -0.25) is 4.98 Å². The Bertz CT molecular complexity index is 635. The Hall–Kier alpha value is -1.72. The van der Waals surface area contributed by atoms with Crippen LogP contribution in [0.2, 0.25) is 0 Å². The molecule has 1 saturated heterocycles. The summed E-state index contributed by atoms with van der Waals surface area (Å²) in [6.07, 6.45) is 1.90. The normalized spacial score (nSPS) is 22.7. The molecule has 2 atom stereocenters. The fourth-order valence-corrected chi connectivity index (χ4v) is 2.90. The number of hydrogen-bond acceptors (Lipinski definition) is 4. The molecule has 4 nitrogen and oxygen atoms in total. The fourth-order valence-electron chi connectivity index (χ4n) is 2.90. The highest BCUT2D eigenvalue weighted by molar-refractivity contribution is 5.91. The number of hydrogen-bond donors (Lipinski definition) is 0. The van der Waals surface area contributed by atoms with Crippen LogP contribution in [0.25, 0.3) is 10.9 Å². The van der Waals surface area contributed by atoms with Crippen LogP contribution in [-0.2, 0) is 9.47 Å². The van der Waals surface area contributed by atoms with Crippen molar-refractivity contribution >= 4 is 16.6 Å². The van der Waals surface area contributed by atoms with E-state index in [0.717, 1.165) is 24.2 Å². The van der Waals surface area contributed by atoms with Gasteiger partial charge in [-0.05, 0) is 25.1 Å². The molecule has 0 radical (unpaired) electrons. The number of aromatic nitrogens is 1. The van der Waals surface area contributed by atoms with Gasteiger partial charge in [0, 0.05) is 43.5 Å². The number of morpholine rings is 1. The quantitative estimate of drug-likeness (QED) is 0.870. The molecule has 5 heteroatoms. The van der Waals surface area contributed by atoms with Crippen LogP contribution >= 0.6 is 0 Å². The van der Waals surface area contributed by atoms with Crippen molar-refractivity contribution < 1.29 is 13.9 Å². The molecule has 2 aromatic rings. The number of anilines is 1. The molecule has 21 heavy (non-hydrogen) atoms. The Kier molecular flexibility index (Phi) is 4.03. The van der Waals surface area contributed by atoms with E-state index in [4.69, 9.17) is 9.47 Å². The number of pyridine rings is 1. The molecule has 1 fully saturated rings. The number of ether oxygens (including phenoxy) is 2. The van der Waals surface area contributed by atoms with E-state index in [1.807, 2.05) is 6.07 Å². The topological polar surface area (TPSA) is 34.6 Å². The van der Waals surface area contributed by atoms with Crippen LogP contribution in [0.3, 0.4) is 0 Å². The highest BCUT2D eigenvalue weighted by Gasteiger charge is 2.26. The molecule has 2 unspecified atom stereocenters. The standard InChI is InChI=1S/C16H19FN2O2/c1-11-8-19(9-13(21-11)10-20-2)16-5-6-18-15-7-12(17)3-4-14(15)16/h3-7,11,13H,8-10H2,1-2H3. The summed E-state index contributed by atoms with van der Waals surface area (Å²) >= 11 is 0. The number of benzene rings is 1. The molecule has 112 valence electrons. The zero-order valence-corrected chi connectivity index (χ0v) is 12.3. The third-order valence-corrected chi connectivity index (χ3v) is 3.70. The van der Waals surface area contributed by atoms with E-state index in [1.54, 1.807) is 19.4 Å². The molecular weight excluding hydrogens is 271 g/mol. The number of halogens is 1. The molecule has 1 aromatic heterocycles. The van der Waals surface area contributed by atoms with Crippen molar-refractivity contribution in [2.45, 2.75) is 19.1 Å². The van der Waals surface area contributed by atoms with Gasteiger partial charge in [-0.2, -0.15) is 0 Å². The summed E-state index contributed by atoms with van der Waals surface area (Å²) in [6.45, 7) is 4.18. The van der Waals surface area contributed by atoms with Crippen LogP contribution in [0.15, 0.2) is 30.5 Å². The van der Waals surface area contributed by atoms with Crippen molar-refractivity contribution in [1.29, 1.82) is 0 Å². The maximum Gasteiger partial charge on any atom is 0.125 e. The molecule has 1 aromatic carbocycles. The van der Waals surface area contributed by atoms with Crippen LogP contribution in [0, 0.1) is 5.82 Å². The first-order valence-electron chi connectivity index (χ1n) is 7.11. The van der Waals surface area contributed by atoms with Crippen LogP contribution in [-0.4, -0.2) is 44.0 Å². The van der Waals surface area contributed by atoms with E-state index in [-0.39, 0.29) is 18.0 Å². The van der Waals surface area contributed by atoms with Gasteiger partial charge in [0.25, 0.3) is 0 Å². The maximum absolute atomic E-state index is 13.3. The molecule has 0 amide bonds. The highest BCUT2D eigenvalue weighted by Crippen LogP contribution is 2.28. The smallest absolute Gasteiger partial charge is 0.125 e. The van der Waals surface area contributed by atoms with Crippen LogP contribution < -0.4 is 4.90 Å². The molecule has 0 aliphatic carbocycles. The van der Waals surface area contributed by atoms with Crippen molar-refractivity contribution in [3.8, 4) is 0 Å². The second-order valence-electron chi connectivity index (χ2n) is 5.42. The first kappa shape index (κ1) is 14.2. The summed E-state index contributed by atoms with van der Waals surface area (Å²) in [5, 5.41) is 0.962. The van der Waals surface area contributed by atoms with Gasteiger partial charge in [-0.15, -0.1) is 0 Å². The molecule has 1 aliphatic heterocycles. The van der Waals surface area contributed by atoms with Gasteiger partial charge in [-0.1, -0.05) is 0 Å². The predicted molar refractivity (Wildman–Crippen MR) is 80.1 cm³/mol. The predicted octanol–water partition coefficient (Wildman–Crippen LogP) is 2.61. The second kappa shape index (κ2) is 5.95. The Morgan fingerprint density at radius 2 is 2.24 bits per heavy atom. The summed E-state index contributed by atoms with van der Waals surface area (Å²) < 4.78 is 24.4. The number of fused-ring (bicyclic) bond motifs is 1. The van der Waals surface area contributed by atoms with Gasteiger partial charge in [0.2, 0.25) is 0 Å². The first-order valence-corrected chi connectivity index (χ1v) is 7.11. The minimum Gasteiger partial charge on any atom is -0.382 e. The Morgan fingerprint density at radius 3 is 3.05 bits per heavy atom. The molecule has 0 N–H and O–H groups in total. The Morgan fingerprint density at radius 1 is 1.38 bits per heavy atom. The lowest BCUT2D eigenvalue weighted by Crippen LogP contribution is -2.48. The zero-order valence-electron chi connectivity index (χ0n) is 12.3. The van der Waals surface area contributed by atoms with Gasteiger partial charge < -0.3 is 14.4 Å². The SMILES string of the molecule is COCC1CN(c2ccnc3cc(F)ccc23)CC(C)O1. The fraction of sp³-hybridized carbons (Fsp3) is 0.438. The second-order valence-corrected chi connectivity index (χ2v) is 5.42. The third kappa shape index (κ3) is 2.99. The van der Waals surface area contributed by atoms with Gasteiger partial charge in [0.15, 0.2) is 0 Å². The Labute approximate surface area is 123 Å². The van der Waals surface area contributed by atoms with Crippen molar-refractivity contribution in [1.82, 2.24) is 4.98 Å². The van der Waals surface area contributed by atoms with E-state index in [1.165, 1.54) is 12.1 Å². The van der Waals surface area contributed by atoms with E-state index in [0.29, 0.717) is 12.1 Å². The number of nitrogens with zero attached hydrogens (tertiary/aromatic N) is 2. The number of rotatable bonds is 3. The third-order valence-electron chi connectivity index (χ3n) is 3.70. The minimum absolute atomic E-state index is 0.0439. The van der Waals surface area contributed by atoms with Gasteiger partial charge >= 0.3 is 0 Å². The molecule has 0 spiro atoms. The molecule has 3 rings (SSSR count). The van der Waals surface area contributed by atoms with Crippen LogP contribution in [0.4, 0.5) is 10.1 Å². The highest BCUT2D eigenvalue weighted by atomic mass is 19.1. The van der Waals surface area contributed by atoms with Crippen LogP contribution in [0.5, 0.6) is 0 Å². The molecular formula is C16H19FN2O2. The lowest BCUT2D eigenvalue weighted by Gasteiger charge is -2.38. The first-order chi connectivity index (χ1) is 10.2. The average molecular weight is 290 g/mol. The largest absolute Gasteiger partial charge is 0.382 e. The summed E-state index contributed by atoms with van der Waals surface area (Å²) in [7, 11) is 1.68. The van der Waals surface area contributed by atoms with Crippen molar-refractivity contribution in [3.05, 3.63) is 36.3 Å². The van der Waals surface area contributed by atoms with Crippen molar-refractivity contribution in [2.24, 2.45) is 0 Å². The average Bonchev–Trinajstić information content (AvgIpc) is 2.46. The van der Waals surface area contributed by atoms with E-state index in [9.17, 15) is 4.39 Å². The minimum atomic E-state index is -0.264. The van der Waals surface area contributed by atoms with Gasteiger partial charge in [0.1, 0.15) is 5.82 Å². The summed E-state index contributed by atoms with van der Waals surface area (Å²) in [5.41, 5.74) is 1.74. The summed E-state index contributed by atoms with van der Waals surface area (Å²) in [6, 6.07) is 6.71. The lowest BCUT2D eigenvalue weighted by molar-refractivity contribution is -0.0510. The number of methoxy groups -OCH3 is 1. The maximum atomic E-state index is 13.3. The van der Waals surface area contributed by atoms with Crippen molar-refractivity contribution in [2.75, 3.05) is 31.7 Å². The van der Waals surface area contributed by atoms with Crippen LogP contribution in [0.1, 0.15) is 6.92 Å². The zero-order chi connectivity index (χ0) is 14.8. The molecule has 0 saturated carbocycles.